The van der Waals surface area contributed by atoms with Gasteiger partial charge in [0.15, 0.2) is 0 Å². The number of carbonyl (C=O) groups is 2. The van der Waals surface area contributed by atoms with Gasteiger partial charge in [0.25, 0.3) is 0 Å². The summed E-state index contributed by atoms with van der Waals surface area (Å²) in [5.41, 5.74) is 0. The van der Waals surface area contributed by atoms with Crippen LogP contribution in [0.1, 0.15) is 65.7 Å². The molecule has 0 heterocycles. The van der Waals surface area contributed by atoms with E-state index in [-0.39, 0.29) is 0 Å². The topological polar surface area (TPSA) is 61.8 Å². The minimum absolute atomic E-state index is 0.446. The molecule has 0 aromatic rings. The number of rotatable bonds is 10. The molecule has 5 nitrogen and oxygen atoms in total. The van der Waals surface area contributed by atoms with Crippen molar-refractivity contribution in [2.45, 2.75) is 72.0 Å². The molecule has 0 aromatic heterocycles. The number of carbonyl (C=O) groups excluding carboxylic acids is 2. The summed E-state index contributed by atoms with van der Waals surface area (Å²) >= 11 is 0. The molecule has 0 amide bonds. The Labute approximate surface area is 109 Å². The lowest BCUT2D eigenvalue weighted by molar-refractivity contribution is -0.344. The molecule has 0 radical (unpaired) electrons. The van der Waals surface area contributed by atoms with Crippen LogP contribution in [-0.2, 0) is 24.1 Å². The zero-order valence-electron chi connectivity index (χ0n) is 11.6. The fourth-order valence-electron chi connectivity index (χ4n) is 1.52. The predicted octanol–water partition coefficient (Wildman–Crippen LogP) is 3.12. The molecule has 0 aliphatic rings. The number of esters is 1. The Morgan fingerprint density at radius 2 is 1.56 bits per heavy atom. The second-order valence-corrected chi connectivity index (χ2v) is 4.27. The standard InChI is InChI=1S/C13H24O5/c1-4-5-6-7-8-9-10-13(16-11(2)14)18-17-12(3)15/h13H,4-10H2,1-3H3. The Hall–Kier alpha value is -1.10. The second-order valence-electron chi connectivity index (χ2n) is 4.27. The van der Waals surface area contributed by atoms with Gasteiger partial charge in [0.1, 0.15) is 0 Å². The van der Waals surface area contributed by atoms with Crippen LogP contribution in [0.3, 0.4) is 0 Å². The van der Waals surface area contributed by atoms with Crippen molar-refractivity contribution >= 4 is 11.9 Å². The minimum atomic E-state index is -0.794. The highest BCUT2D eigenvalue weighted by Crippen LogP contribution is 2.12. The SMILES string of the molecule is CCCCCCCCC(OOC(C)=O)OC(C)=O. The average molecular weight is 260 g/mol. The summed E-state index contributed by atoms with van der Waals surface area (Å²) in [5, 5.41) is 0. The van der Waals surface area contributed by atoms with Crippen LogP contribution in [0.5, 0.6) is 0 Å². The van der Waals surface area contributed by atoms with Crippen LogP contribution in [0.4, 0.5) is 0 Å². The van der Waals surface area contributed by atoms with E-state index in [1.165, 1.54) is 33.1 Å². The van der Waals surface area contributed by atoms with Crippen molar-refractivity contribution in [1.29, 1.82) is 0 Å². The van der Waals surface area contributed by atoms with E-state index < -0.39 is 18.2 Å². The maximum absolute atomic E-state index is 10.8. The smallest absolute Gasteiger partial charge is 0.339 e. The van der Waals surface area contributed by atoms with Crippen LogP contribution in [0.15, 0.2) is 0 Å². The van der Waals surface area contributed by atoms with Gasteiger partial charge in [-0.1, -0.05) is 39.0 Å². The molecule has 1 unspecified atom stereocenters. The fourth-order valence-corrected chi connectivity index (χ4v) is 1.52. The maximum Gasteiger partial charge on any atom is 0.339 e. The van der Waals surface area contributed by atoms with Crippen LogP contribution in [0.25, 0.3) is 0 Å². The molecule has 0 saturated heterocycles. The third-order valence-electron chi connectivity index (χ3n) is 2.36. The number of hydrogen-bond acceptors (Lipinski definition) is 5. The summed E-state index contributed by atoms with van der Waals surface area (Å²) in [4.78, 5) is 30.6. The van der Waals surface area contributed by atoms with Gasteiger partial charge in [0, 0.05) is 20.3 Å². The summed E-state index contributed by atoms with van der Waals surface area (Å²) in [6.07, 6.45) is 6.53. The second kappa shape index (κ2) is 11.0. The van der Waals surface area contributed by atoms with E-state index in [4.69, 9.17) is 9.62 Å². The Kier molecular flexibility index (Phi) is 10.3. The molecule has 0 rings (SSSR count). The van der Waals surface area contributed by atoms with Gasteiger partial charge in [-0.15, -0.1) is 4.89 Å². The first-order valence-electron chi connectivity index (χ1n) is 6.57. The number of hydrogen-bond donors (Lipinski definition) is 0. The third-order valence-corrected chi connectivity index (χ3v) is 2.36. The maximum atomic E-state index is 10.8. The van der Waals surface area contributed by atoms with Crippen molar-refractivity contribution in [3.05, 3.63) is 0 Å². The lowest BCUT2D eigenvalue weighted by Gasteiger charge is -2.15. The zero-order valence-corrected chi connectivity index (χ0v) is 11.6. The fraction of sp³-hybridized carbons (Fsp3) is 0.846. The molecule has 0 aliphatic heterocycles. The highest BCUT2D eigenvalue weighted by Gasteiger charge is 2.14. The van der Waals surface area contributed by atoms with Crippen molar-refractivity contribution in [3.63, 3.8) is 0 Å². The zero-order chi connectivity index (χ0) is 13.8. The Balaban J connectivity index is 3.71. The molecule has 1 atom stereocenters. The monoisotopic (exact) mass is 260 g/mol. The van der Waals surface area contributed by atoms with Gasteiger partial charge < -0.3 is 4.74 Å². The average Bonchev–Trinajstić information content (AvgIpc) is 2.29. The largest absolute Gasteiger partial charge is 0.432 e. The molecule has 0 fully saturated rings. The summed E-state index contributed by atoms with van der Waals surface area (Å²) in [6.45, 7) is 4.70. The van der Waals surface area contributed by atoms with Crippen LogP contribution in [0, 0.1) is 0 Å². The van der Waals surface area contributed by atoms with Crippen molar-refractivity contribution in [1.82, 2.24) is 0 Å². The van der Waals surface area contributed by atoms with Gasteiger partial charge in [-0.05, 0) is 6.42 Å². The summed E-state index contributed by atoms with van der Waals surface area (Å²) in [7, 11) is 0. The first-order chi connectivity index (χ1) is 8.56. The number of ether oxygens (including phenoxy) is 1. The lowest BCUT2D eigenvalue weighted by atomic mass is 10.1. The first kappa shape index (κ1) is 16.9. The van der Waals surface area contributed by atoms with E-state index in [2.05, 4.69) is 11.8 Å². The van der Waals surface area contributed by atoms with E-state index in [1.54, 1.807) is 0 Å². The highest BCUT2D eigenvalue weighted by molar-refractivity contribution is 5.66. The van der Waals surface area contributed by atoms with Gasteiger partial charge in [-0.2, -0.15) is 0 Å². The molecule has 106 valence electrons. The summed E-state index contributed by atoms with van der Waals surface area (Å²) in [6, 6.07) is 0. The molecule has 0 saturated carbocycles. The van der Waals surface area contributed by atoms with Gasteiger partial charge in [-0.25, -0.2) is 4.79 Å². The van der Waals surface area contributed by atoms with Gasteiger partial charge in [-0.3, -0.25) is 9.68 Å². The third kappa shape index (κ3) is 11.4. The molecule has 5 heteroatoms. The van der Waals surface area contributed by atoms with Crippen molar-refractivity contribution in [2.75, 3.05) is 0 Å². The van der Waals surface area contributed by atoms with Crippen molar-refractivity contribution in [2.24, 2.45) is 0 Å². The predicted molar refractivity (Wildman–Crippen MR) is 66.4 cm³/mol. The van der Waals surface area contributed by atoms with Gasteiger partial charge >= 0.3 is 11.9 Å². The molecule has 0 spiro atoms. The van der Waals surface area contributed by atoms with E-state index in [9.17, 15) is 9.59 Å². The van der Waals surface area contributed by atoms with Crippen LogP contribution >= 0.6 is 0 Å². The molecule has 18 heavy (non-hydrogen) atoms. The van der Waals surface area contributed by atoms with E-state index in [0.29, 0.717) is 6.42 Å². The van der Waals surface area contributed by atoms with E-state index in [1.807, 2.05) is 0 Å². The lowest BCUT2D eigenvalue weighted by Crippen LogP contribution is -2.21. The Morgan fingerprint density at radius 1 is 0.944 bits per heavy atom. The van der Waals surface area contributed by atoms with Crippen LogP contribution in [-0.4, -0.2) is 18.2 Å². The normalized spacial score (nSPS) is 11.9. The van der Waals surface area contributed by atoms with Crippen molar-refractivity contribution in [3.8, 4) is 0 Å². The molecular weight excluding hydrogens is 236 g/mol. The Bertz CT molecular complexity index is 240. The minimum Gasteiger partial charge on any atom is -0.432 e. The van der Waals surface area contributed by atoms with Crippen LogP contribution < -0.4 is 0 Å². The summed E-state index contributed by atoms with van der Waals surface area (Å²) < 4.78 is 4.89. The highest BCUT2D eigenvalue weighted by atomic mass is 17.2. The van der Waals surface area contributed by atoms with Gasteiger partial charge in [0.05, 0.1) is 0 Å². The van der Waals surface area contributed by atoms with Crippen LogP contribution in [0.2, 0.25) is 0 Å². The number of unbranched alkanes of at least 4 members (excludes halogenated alkanes) is 5. The Morgan fingerprint density at radius 3 is 2.11 bits per heavy atom. The quantitative estimate of drug-likeness (QED) is 0.198. The molecule has 0 N–H and O–H groups in total. The van der Waals surface area contributed by atoms with Gasteiger partial charge in [0.2, 0.25) is 6.29 Å². The molecule has 0 aliphatic carbocycles. The summed E-state index contributed by atoms with van der Waals surface area (Å²) in [5.74, 6) is -1.01. The van der Waals surface area contributed by atoms with Crippen molar-refractivity contribution < 1.29 is 24.1 Å². The first-order valence-corrected chi connectivity index (χ1v) is 6.57. The molecule has 0 aromatic carbocycles. The van der Waals surface area contributed by atoms with E-state index >= 15 is 0 Å². The van der Waals surface area contributed by atoms with E-state index in [0.717, 1.165) is 19.3 Å². The molecule has 0 bridgehead atoms. The molecular formula is C13H24O5.